The molecule has 2 aromatic rings. The van der Waals surface area contributed by atoms with Gasteiger partial charge in [-0.1, -0.05) is 24.3 Å². The van der Waals surface area contributed by atoms with Crippen LogP contribution in [0.15, 0.2) is 59.4 Å². The van der Waals surface area contributed by atoms with Crippen LogP contribution < -0.4 is 21.1 Å². The first kappa shape index (κ1) is 20.7. The van der Waals surface area contributed by atoms with Crippen LogP contribution in [0.4, 0.5) is 5.69 Å². The average Bonchev–Trinajstić information content (AvgIpc) is 3.08. The van der Waals surface area contributed by atoms with E-state index in [4.69, 9.17) is 0 Å². The zero-order valence-corrected chi connectivity index (χ0v) is 16.0. The molecule has 1 fully saturated rings. The van der Waals surface area contributed by atoms with Gasteiger partial charge < -0.3 is 15.6 Å². The molecule has 0 spiro atoms. The normalized spacial score (nSPS) is 13.7. The second-order valence-corrected chi connectivity index (χ2v) is 6.49. The number of carbonyl (C=O) groups is 4. The molecule has 0 atom stereocenters. The predicted octanol–water partition coefficient (Wildman–Crippen LogP) is 0.744. The number of imide groups is 1. The number of pyridine rings is 1. The molecular weight excluding hydrogens is 388 g/mol. The van der Waals surface area contributed by atoms with E-state index in [-0.39, 0.29) is 54.9 Å². The Hall–Kier alpha value is -4.01. The van der Waals surface area contributed by atoms with Crippen molar-refractivity contribution in [3.63, 3.8) is 0 Å². The third kappa shape index (κ3) is 5.07. The van der Waals surface area contributed by atoms with Gasteiger partial charge in [0.1, 0.15) is 5.69 Å². The van der Waals surface area contributed by atoms with Crippen molar-refractivity contribution in [2.75, 3.05) is 18.0 Å². The van der Waals surface area contributed by atoms with Crippen LogP contribution in [-0.2, 0) is 9.59 Å². The van der Waals surface area contributed by atoms with Gasteiger partial charge in [0.2, 0.25) is 17.4 Å². The van der Waals surface area contributed by atoms with Crippen LogP contribution in [0, 0.1) is 0 Å². The van der Waals surface area contributed by atoms with Gasteiger partial charge in [-0.25, -0.2) is 0 Å². The first-order valence-corrected chi connectivity index (χ1v) is 9.32. The maximum atomic E-state index is 12.3. The van der Waals surface area contributed by atoms with E-state index in [0.717, 1.165) is 4.90 Å². The highest BCUT2D eigenvalue weighted by atomic mass is 16.2. The van der Waals surface area contributed by atoms with Crippen LogP contribution in [0.2, 0.25) is 0 Å². The zero-order valence-electron chi connectivity index (χ0n) is 16.0. The molecule has 1 aromatic carbocycles. The Bertz CT molecular complexity index is 1060. The van der Waals surface area contributed by atoms with Crippen molar-refractivity contribution in [3.05, 3.63) is 76.2 Å². The molecule has 154 valence electrons. The van der Waals surface area contributed by atoms with Crippen LogP contribution in [0.5, 0.6) is 0 Å². The van der Waals surface area contributed by atoms with Crippen molar-refractivity contribution < 1.29 is 19.2 Å². The topological polar surface area (TPSA) is 128 Å². The molecule has 1 aliphatic rings. The number of anilines is 1. The number of benzene rings is 1. The third-order valence-corrected chi connectivity index (χ3v) is 4.36. The smallest absolute Gasteiger partial charge is 0.268 e. The highest BCUT2D eigenvalue weighted by molar-refractivity contribution is 6.20. The van der Waals surface area contributed by atoms with Crippen molar-refractivity contribution in [3.8, 4) is 0 Å². The van der Waals surface area contributed by atoms with Gasteiger partial charge in [-0.3, -0.25) is 28.9 Å². The minimum atomic E-state index is -0.413. The lowest BCUT2D eigenvalue weighted by molar-refractivity contribution is -0.121. The maximum Gasteiger partial charge on any atom is 0.268 e. The molecule has 9 nitrogen and oxygen atoms in total. The summed E-state index contributed by atoms with van der Waals surface area (Å²) in [7, 11) is 0. The number of nitrogens with zero attached hydrogens (tertiary/aromatic N) is 1. The van der Waals surface area contributed by atoms with Gasteiger partial charge in [0.05, 0.1) is 5.69 Å². The number of amides is 4. The summed E-state index contributed by atoms with van der Waals surface area (Å²) in [5.41, 5.74) is 0.518. The molecule has 30 heavy (non-hydrogen) atoms. The second-order valence-electron chi connectivity index (χ2n) is 6.49. The maximum absolute atomic E-state index is 12.3. The zero-order chi connectivity index (χ0) is 21.5. The number of hydrogen-bond donors (Lipinski definition) is 3. The molecule has 0 bridgehead atoms. The molecule has 9 heteroatoms. The molecule has 1 aromatic heterocycles. The van der Waals surface area contributed by atoms with E-state index in [1.54, 1.807) is 30.4 Å². The molecule has 0 radical (unpaired) electrons. The van der Waals surface area contributed by atoms with Gasteiger partial charge in [-0.05, 0) is 24.3 Å². The molecular formula is C21H20N4O5. The Labute approximate surface area is 171 Å². The van der Waals surface area contributed by atoms with E-state index in [1.165, 1.54) is 24.3 Å². The fourth-order valence-electron chi connectivity index (χ4n) is 2.90. The average molecular weight is 408 g/mol. The van der Waals surface area contributed by atoms with Crippen LogP contribution >= 0.6 is 0 Å². The first-order chi connectivity index (χ1) is 14.5. The van der Waals surface area contributed by atoms with Crippen LogP contribution in [0.3, 0.4) is 0 Å². The van der Waals surface area contributed by atoms with Crippen molar-refractivity contribution in [2.24, 2.45) is 0 Å². The molecule has 1 aliphatic heterocycles. The Balaban J connectivity index is 1.47. The fraction of sp³-hybridized carbons (Fsp3) is 0.190. The van der Waals surface area contributed by atoms with E-state index in [1.807, 2.05) is 0 Å². The molecule has 0 unspecified atom stereocenters. The lowest BCUT2D eigenvalue weighted by Crippen LogP contribution is -2.29. The SMILES string of the molecule is O=C(NC/C=C\CNC(=O)c1cccc(=O)[nH]1)c1cccc(N2C(=O)CCC2=O)c1. The van der Waals surface area contributed by atoms with E-state index < -0.39 is 5.91 Å². The number of H-pyrrole nitrogens is 1. The number of aromatic amines is 1. The van der Waals surface area contributed by atoms with Gasteiger partial charge in [0.15, 0.2) is 0 Å². The highest BCUT2D eigenvalue weighted by Gasteiger charge is 2.30. The fourth-order valence-corrected chi connectivity index (χ4v) is 2.90. The summed E-state index contributed by atoms with van der Waals surface area (Å²) in [4.78, 5) is 62.6. The van der Waals surface area contributed by atoms with Gasteiger partial charge in [-0.15, -0.1) is 0 Å². The van der Waals surface area contributed by atoms with Gasteiger partial charge in [0.25, 0.3) is 11.8 Å². The summed E-state index contributed by atoms with van der Waals surface area (Å²) in [6.07, 6.45) is 3.69. The summed E-state index contributed by atoms with van der Waals surface area (Å²) in [5, 5.41) is 5.31. The molecule has 3 N–H and O–H groups in total. The molecule has 0 saturated carbocycles. The van der Waals surface area contributed by atoms with Crippen molar-refractivity contribution in [1.29, 1.82) is 0 Å². The molecule has 2 heterocycles. The largest absolute Gasteiger partial charge is 0.349 e. The summed E-state index contributed by atoms with van der Waals surface area (Å²) >= 11 is 0. The minimum absolute atomic E-state index is 0.166. The summed E-state index contributed by atoms with van der Waals surface area (Å²) < 4.78 is 0. The molecule has 4 amide bonds. The van der Waals surface area contributed by atoms with Crippen LogP contribution in [-0.4, -0.2) is 41.7 Å². The number of nitrogens with one attached hydrogen (secondary N) is 3. The van der Waals surface area contributed by atoms with Gasteiger partial charge >= 0.3 is 0 Å². The van der Waals surface area contributed by atoms with Crippen molar-refractivity contribution >= 4 is 29.3 Å². The molecule has 3 rings (SSSR count). The Morgan fingerprint density at radius 3 is 2.20 bits per heavy atom. The molecule has 0 aliphatic carbocycles. The Morgan fingerprint density at radius 2 is 1.53 bits per heavy atom. The number of carbonyl (C=O) groups excluding carboxylic acids is 4. The Morgan fingerprint density at radius 1 is 0.900 bits per heavy atom. The van der Waals surface area contributed by atoms with Crippen molar-refractivity contribution in [2.45, 2.75) is 12.8 Å². The third-order valence-electron chi connectivity index (χ3n) is 4.36. The number of aromatic nitrogens is 1. The lowest BCUT2D eigenvalue weighted by Gasteiger charge is -2.14. The monoisotopic (exact) mass is 408 g/mol. The van der Waals surface area contributed by atoms with E-state index >= 15 is 0 Å². The molecule has 1 saturated heterocycles. The van der Waals surface area contributed by atoms with Gasteiger partial charge in [0, 0.05) is 37.6 Å². The van der Waals surface area contributed by atoms with Gasteiger partial charge in [-0.2, -0.15) is 0 Å². The van der Waals surface area contributed by atoms with E-state index in [9.17, 15) is 24.0 Å². The summed E-state index contributed by atoms with van der Waals surface area (Å²) in [6, 6.07) is 10.6. The van der Waals surface area contributed by atoms with Crippen molar-refractivity contribution in [1.82, 2.24) is 15.6 Å². The standard InChI is InChI=1S/C21H20N4O5/c26-17-8-4-7-16(24-17)21(30)23-12-2-1-11-22-20(29)14-5-3-6-15(13-14)25-18(27)9-10-19(25)28/h1-8,13H,9-12H2,(H,22,29)(H,23,30)(H,24,26)/b2-1-. The van der Waals surface area contributed by atoms with Crippen LogP contribution in [0.1, 0.15) is 33.7 Å². The lowest BCUT2D eigenvalue weighted by atomic mass is 10.1. The number of hydrogen-bond acceptors (Lipinski definition) is 5. The van der Waals surface area contributed by atoms with E-state index in [0.29, 0.717) is 11.3 Å². The second kappa shape index (κ2) is 9.46. The first-order valence-electron chi connectivity index (χ1n) is 9.32. The summed E-state index contributed by atoms with van der Waals surface area (Å²) in [5.74, 6) is -1.32. The quantitative estimate of drug-likeness (QED) is 0.460. The Kier molecular flexibility index (Phi) is 6.53. The predicted molar refractivity (Wildman–Crippen MR) is 109 cm³/mol. The van der Waals surface area contributed by atoms with Crippen LogP contribution in [0.25, 0.3) is 0 Å². The number of rotatable bonds is 7. The summed E-state index contributed by atoms with van der Waals surface area (Å²) in [6.45, 7) is 0.447. The van der Waals surface area contributed by atoms with E-state index in [2.05, 4.69) is 15.6 Å². The highest BCUT2D eigenvalue weighted by Crippen LogP contribution is 2.23. The minimum Gasteiger partial charge on any atom is -0.349 e.